The highest BCUT2D eigenvalue weighted by Gasteiger charge is 2.18. The van der Waals surface area contributed by atoms with E-state index in [4.69, 9.17) is 0 Å². The SMILES string of the molecule is CCCCCNC(=O)C(C)NC(C)c1sc(C)nc1C. The molecule has 0 spiro atoms. The minimum Gasteiger partial charge on any atom is -0.355 e. The van der Waals surface area contributed by atoms with E-state index in [0.717, 1.165) is 30.1 Å². The molecule has 2 N–H and O–H groups in total. The molecule has 1 heterocycles. The van der Waals surface area contributed by atoms with Crippen molar-refractivity contribution in [2.75, 3.05) is 6.54 Å². The highest BCUT2D eigenvalue weighted by atomic mass is 32.1. The van der Waals surface area contributed by atoms with Gasteiger partial charge in [-0.05, 0) is 34.1 Å². The average molecular weight is 297 g/mol. The number of aryl methyl sites for hydroxylation is 2. The van der Waals surface area contributed by atoms with Crippen molar-refractivity contribution >= 4 is 17.2 Å². The highest BCUT2D eigenvalue weighted by molar-refractivity contribution is 7.11. The number of unbranched alkanes of at least 4 members (excludes halogenated alkanes) is 2. The minimum absolute atomic E-state index is 0.0758. The third-order valence-corrected chi connectivity index (χ3v) is 4.56. The molecule has 0 radical (unpaired) electrons. The Morgan fingerprint density at radius 2 is 2.00 bits per heavy atom. The summed E-state index contributed by atoms with van der Waals surface area (Å²) in [4.78, 5) is 17.6. The van der Waals surface area contributed by atoms with Gasteiger partial charge >= 0.3 is 0 Å². The zero-order valence-electron chi connectivity index (χ0n) is 13.2. The van der Waals surface area contributed by atoms with E-state index < -0.39 is 0 Å². The van der Waals surface area contributed by atoms with Gasteiger partial charge in [0, 0.05) is 17.5 Å². The van der Waals surface area contributed by atoms with E-state index in [1.807, 2.05) is 20.8 Å². The first-order chi connectivity index (χ1) is 9.45. The van der Waals surface area contributed by atoms with Gasteiger partial charge in [0.1, 0.15) is 0 Å². The molecule has 1 amide bonds. The first-order valence-electron chi connectivity index (χ1n) is 7.43. The molecular formula is C15H27N3OS. The van der Waals surface area contributed by atoms with Crippen LogP contribution in [0.25, 0.3) is 0 Å². The Balaban J connectivity index is 2.42. The number of rotatable bonds is 8. The summed E-state index contributed by atoms with van der Waals surface area (Å²) >= 11 is 1.70. The van der Waals surface area contributed by atoms with Gasteiger partial charge in [0.2, 0.25) is 5.91 Å². The molecule has 0 bridgehead atoms. The molecule has 0 saturated carbocycles. The van der Waals surface area contributed by atoms with Crippen molar-refractivity contribution in [1.29, 1.82) is 0 Å². The molecule has 20 heavy (non-hydrogen) atoms. The quantitative estimate of drug-likeness (QED) is 0.725. The molecule has 114 valence electrons. The maximum Gasteiger partial charge on any atom is 0.236 e. The molecule has 1 aromatic heterocycles. The Bertz CT molecular complexity index is 431. The largest absolute Gasteiger partial charge is 0.355 e. The van der Waals surface area contributed by atoms with Crippen molar-refractivity contribution in [3.8, 4) is 0 Å². The molecule has 4 nitrogen and oxygen atoms in total. The molecule has 0 aliphatic carbocycles. The van der Waals surface area contributed by atoms with Gasteiger partial charge in [0.25, 0.3) is 0 Å². The third-order valence-electron chi connectivity index (χ3n) is 3.31. The van der Waals surface area contributed by atoms with Crippen LogP contribution in [-0.2, 0) is 4.79 Å². The maximum atomic E-state index is 12.0. The molecule has 0 aliphatic heterocycles. The summed E-state index contributed by atoms with van der Waals surface area (Å²) < 4.78 is 0. The Kier molecular flexibility index (Phi) is 7.16. The van der Waals surface area contributed by atoms with Crippen LogP contribution in [0.5, 0.6) is 0 Å². The van der Waals surface area contributed by atoms with Crippen LogP contribution < -0.4 is 10.6 Å². The van der Waals surface area contributed by atoms with E-state index >= 15 is 0 Å². The Morgan fingerprint density at radius 1 is 1.30 bits per heavy atom. The first-order valence-corrected chi connectivity index (χ1v) is 8.25. The summed E-state index contributed by atoms with van der Waals surface area (Å²) in [7, 11) is 0. The molecule has 2 atom stereocenters. The number of hydrogen-bond acceptors (Lipinski definition) is 4. The smallest absolute Gasteiger partial charge is 0.236 e. The Labute approximate surface area is 126 Å². The summed E-state index contributed by atoms with van der Waals surface area (Å²) in [5, 5.41) is 7.40. The summed E-state index contributed by atoms with van der Waals surface area (Å²) in [5.41, 5.74) is 1.06. The lowest BCUT2D eigenvalue weighted by Crippen LogP contribution is -2.43. The first kappa shape index (κ1) is 17.1. The fraction of sp³-hybridized carbons (Fsp3) is 0.733. The molecule has 0 aromatic carbocycles. The molecule has 0 aliphatic rings. The van der Waals surface area contributed by atoms with E-state index in [0.29, 0.717) is 0 Å². The number of aromatic nitrogens is 1. The second kappa shape index (κ2) is 8.37. The van der Waals surface area contributed by atoms with Crippen molar-refractivity contribution in [2.24, 2.45) is 0 Å². The van der Waals surface area contributed by atoms with E-state index in [2.05, 4.69) is 29.5 Å². The Hall–Kier alpha value is -0.940. The van der Waals surface area contributed by atoms with E-state index in [1.54, 1.807) is 11.3 Å². The number of carbonyl (C=O) groups is 1. The molecule has 2 unspecified atom stereocenters. The lowest BCUT2D eigenvalue weighted by molar-refractivity contribution is -0.122. The monoisotopic (exact) mass is 297 g/mol. The number of nitrogens with zero attached hydrogens (tertiary/aromatic N) is 1. The van der Waals surface area contributed by atoms with Gasteiger partial charge < -0.3 is 5.32 Å². The van der Waals surface area contributed by atoms with Gasteiger partial charge in [0.05, 0.1) is 16.7 Å². The number of thiazole rings is 1. The fourth-order valence-electron chi connectivity index (χ4n) is 2.21. The van der Waals surface area contributed by atoms with E-state index in [-0.39, 0.29) is 18.0 Å². The number of carbonyl (C=O) groups excluding carboxylic acids is 1. The number of hydrogen-bond donors (Lipinski definition) is 2. The predicted octanol–water partition coefficient (Wildman–Crippen LogP) is 3.11. The zero-order chi connectivity index (χ0) is 15.1. The van der Waals surface area contributed by atoms with Gasteiger partial charge in [0.15, 0.2) is 0 Å². The second-order valence-electron chi connectivity index (χ2n) is 5.29. The van der Waals surface area contributed by atoms with Crippen LogP contribution >= 0.6 is 11.3 Å². The maximum absolute atomic E-state index is 12.0. The summed E-state index contributed by atoms with van der Waals surface area (Å²) in [6.45, 7) is 11.0. The highest BCUT2D eigenvalue weighted by Crippen LogP contribution is 2.24. The average Bonchev–Trinajstić information content (AvgIpc) is 2.73. The molecule has 0 fully saturated rings. The third kappa shape index (κ3) is 5.21. The van der Waals surface area contributed by atoms with Crippen LogP contribution in [0.2, 0.25) is 0 Å². The fourth-order valence-corrected chi connectivity index (χ4v) is 3.15. The van der Waals surface area contributed by atoms with Gasteiger partial charge in [-0.3, -0.25) is 10.1 Å². The minimum atomic E-state index is -0.187. The van der Waals surface area contributed by atoms with Crippen LogP contribution in [0.4, 0.5) is 0 Å². The van der Waals surface area contributed by atoms with Gasteiger partial charge in [-0.1, -0.05) is 19.8 Å². The van der Waals surface area contributed by atoms with Crippen LogP contribution in [0.3, 0.4) is 0 Å². The molecule has 1 aromatic rings. The normalized spacial score (nSPS) is 14.1. The Morgan fingerprint density at radius 3 is 2.55 bits per heavy atom. The van der Waals surface area contributed by atoms with Crippen molar-refractivity contribution in [1.82, 2.24) is 15.6 Å². The van der Waals surface area contributed by atoms with E-state index in [1.165, 1.54) is 11.3 Å². The summed E-state index contributed by atoms with van der Waals surface area (Å²) in [6.07, 6.45) is 3.39. The standard InChI is InChI=1S/C15H27N3OS/c1-6-7-8-9-16-15(19)12(4)17-10(2)14-11(3)18-13(5)20-14/h10,12,17H,6-9H2,1-5H3,(H,16,19). The summed E-state index contributed by atoms with van der Waals surface area (Å²) in [5.74, 6) is 0.0758. The number of amides is 1. The van der Waals surface area contributed by atoms with Gasteiger partial charge in [-0.15, -0.1) is 11.3 Å². The topological polar surface area (TPSA) is 54.0 Å². The second-order valence-corrected chi connectivity index (χ2v) is 6.53. The summed E-state index contributed by atoms with van der Waals surface area (Å²) in [6, 6.07) is -0.0361. The van der Waals surface area contributed by atoms with Crippen LogP contribution in [0.15, 0.2) is 0 Å². The molecule has 5 heteroatoms. The predicted molar refractivity (Wildman–Crippen MR) is 85.1 cm³/mol. The zero-order valence-corrected chi connectivity index (χ0v) is 14.1. The molecule has 0 saturated heterocycles. The lowest BCUT2D eigenvalue weighted by Gasteiger charge is -2.19. The van der Waals surface area contributed by atoms with Crippen molar-refractivity contribution in [2.45, 2.75) is 66.0 Å². The van der Waals surface area contributed by atoms with Crippen LogP contribution in [0.1, 0.15) is 61.7 Å². The van der Waals surface area contributed by atoms with Gasteiger partial charge in [-0.2, -0.15) is 0 Å². The lowest BCUT2D eigenvalue weighted by atomic mass is 10.2. The van der Waals surface area contributed by atoms with Crippen LogP contribution in [0, 0.1) is 13.8 Å². The van der Waals surface area contributed by atoms with E-state index in [9.17, 15) is 4.79 Å². The van der Waals surface area contributed by atoms with Crippen molar-refractivity contribution in [3.63, 3.8) is 0 Å². The van der Waals surface area contributed by atoms with Gasteiger partial charge in [-0.25, -0.2) is 4.98 Å². The molecular weight excluding hydrogens is 270 g/mol. The number of nitrogens with one attached hydrogen (secondary N) is 2. The van der Waals surface area contributed by atoms with Crippen molar-refractivity contribution < 1.29 is 4.79 Å². The molecule has 1 rings (SSSR count). The van der Waals surface area contributed by atoms with Crippen LogP contribution in [-0.4, -0.2) is 23.5 Å². The van der Waals surface area contributed by atoms with Crippen molar-refractivity contribution in [3.05, 3.63) is 15.6 Å².